The monoisotopic (exact) mass is 255 g/mol. The predicted octanol–water partition coefficient (Wildman–Crippen LogP) is 2.04. The number of benzene rings is 1. The Kier molecular flexibility index (Phi) is 3.92. The number of halogens is 1. The molecular weight excluding hydrogens is 238 g/mol. The van der Waals surface area contributed by atoms with Gasteiger partial charge in [-0.3, -0.25) is 0 Å². The molecule has 0 saturated carbocycles. The Balaban J connectivity index is 2.24. The van der Waals surface area contributed by atoms with Gasteiger partial charge in [-0.1, -0.05) is 24.6 Å². The highest BCUT2D eigenvalue weighted by Crippen LogP contribution is 2.29. The third-order valence-electron chi connectivity index (χ3n) is 3.42. The largest absolute Gasteiger partial charge is 0.393 e. The van der Waals surface area contributed by atoms with E-state index in [4.69, 9.17) is 11.6 Å². The molecule has 2 atom stereocenters. The highest BCUT2D eigenvalue weighted by Gasteiger charge is 2.25. The molecule has 1 heterocycles. The first kappa shape index (κ1) is 12.7. The molecule has 0 bridgehead atoms. The zero-order valence-electron chi connectivity index (χ0n) is 9.93. The van der Waals surface area contributed by atoms with Gasteiger partial charge >= 0.3 is 0 Å². The summed E-state index contributed by atoms with van der Waals surface area (Å²) >= 11 is 6.00. The molecule has 4 heteroatoms. The molecule has 2 unspecified atom stereocenters. The van der Waals surface area contributed by atoms with Crippen LogP contribution in [0, 0.1) is 5.92 Å². The Labute approximate surface area is 107 Å². The minimum atomic E-state index is -0.219. The van der Waals surface area contributed by atoms with E-state index in [0.717, 1.165) is 30.8 Å². The molecule has 3 nitrogen and oxygen atoms in total. The second kappa shape index (κ2) is 5.25. The minimum Gasteiger partial charge on any atom is -0.393 e. The van der Waals surface area contributed by atoms with Crippen LogP contribution in [0.5, 0.6) is 0 Å². The smallest absolute Gasteiger partial charge is 0.0702 e. The molecule has 1 saturated heterocycles. The highest BCUT2D eigenvalue weighted by atomic mass is 35.5. The summed E-state index contributed by atoms with van der Waals surface area (Å²) < 4.78 is 0. The van der Waals surface area contributed by atoms with Gasteiger partial charge in [-0.25, -0.2) is 0 Å². The van der Waals surface area contributed by atoms with E-state index in [1.807, 2.05) is 19.1 Å². The van der Waals surface area contributed by atoms with Crippen LogP contribution in [-0.2, 0) is 6.61 Å². The maximum atomic E-state index is 9.72. The summed E-state index contributed by atoms with van der Waals surface area (Å²) in [6.07, 6.45) is 0.543. The maximum Gasteiger partial charge on any atom is 0.0702 e. The molecule has 17 heavy (non-hydrogen) atoms. The predicted molar refractivity (Wildman–Crippen MR) is 69.4 cm³/mol. The van der Waals surface area contributed by atoms with Crippen molar-refractivity contribution in [1.29, 1.82) is 0 Å². The first-order valence-corrected chi connectivity index (χ1v) is 6.32. The van der Waals surface area contributed by atoms with Crippen LogP contribution >= 0.6 is 11.6 Å². The van der Waals surface area contributed by atoms with Crippen molar-refractivity contribution in [2.45, 2.75) is 26.1 Å². The van der Waals surface area contributed by atoms with E-state index < -0.39 is 0 Å². The van der Waals surface area contributed by atoms with Gasteiger partial charge in [0.25, 0.3) is 0 Å². The number of hydrogen-bond donors (Lipinski definition) is 2. The van der Waals surface area contributed by atoms with Crippen molar-refractivity contribution in [3.05, 3.63) is 28.8 Å². The van der Waals surface area contributed by atoms with Crippen molar-refractivity contribution in [1.82, 2.24) is 0 Å². The molecule has 1 fully saturated rings. The summed E-state index contributed by atoms with van der Waals surface area (Å²) in [6.45, 7) is 3.66. The number of anilines is 1. The molecule has 2 rings (SSSR count). The Morgan fingerprint density at radius 1 is 1.47 bits per heavy atom. The van der Waals surface area contributed by atoms with Crippen molar-refractivity contribution in [2.75, 3.05) is 18.0 Å². The molecule has 0 spiro atoms. The van der Waals surface area contributed by atoms with Gasteiger partial charge in [0.05, 0.1) is 12.7 Å². The molecule has 94 valence electrons. The third-order valence-corrected chi connectivity index (χ3v) is 3.65. The van der Waals surface area contributed by atoms with E-state index in [1.54, 1.807) is 6.07 Å². The number of hydrogen-bond acceptors (Lipinski definition) is 3. The topological polar surface area (TPSA) is 43.7 Å². The van der Waals surface area contributed by atoms with Crippen LogP contribution in [0.2, 0.25) is 5.02 Å². The molecule has 1 aliphatic rings. The standard InChI is InChI=1S/C13H18ClNO2/c1-9-7-15(5-4-13(9)17)12-6-11(14)3-2-10(12)8-16/h2-3,6,9,13,16-17H,4-5,7-8H2,1H3. The Morgan fingerprint density at radius 2 is 2.24 bits per heavy atom. The summed E-state index contributed by atoms with van der Waals surface area (Å²) in [4.78, 5) is 2.19. The second-order valence-electron chi connectivity index (χ2n) is 4.71. The quantitative estimate of drug-likeness (QED) is 0.850. The van der Waals surface area contributed by atoms with Crippen LogP contribution in [0.4, 0.5) is 5.69 Å². The van der Waals surface area contributed by atoms with Gasteiger partial charge in [-0.2, -0.15) is 0 Å². The van der Waals surface area contributed by atoms with Crippen LogP contribution < -0.4 is 4.90 Å². The molecular formula is C13H18ClNO2. The Bertz CT molecular complexity index is 397. The number of aliphatic hydroxyl groups excluding tert-OH is 2. The van der Waals surface area contributed by atoms with Crippen LogP contribution in [0.15, 0.2) is 18.2 Å². The van der Waals surface area contributed by atoms with Crippen LogP contribution in [0.1, 0.15) is 18.9 Å². The average molecular weight is 256 g/mol. The number of aliphatic hydroxyl groups is 2. The SMILES string of the molecule is CC1CN(c2cc(Cl)ccc2CO)CCC1O. The molecule has 0 aliphatic carbocycles. The number of piperidine rings is 1. The van der Waals surface area contributed by atoms with Crippen molar-refractivity contribution in [3.8, 4) is 0 Å². The van der Waals surface area contributed by atoms with Crippen molar-refractivity contribution in [3.63, 3.8) is 0 Å². The molecule has 0 amide bonds. The van der Waals surface area contributed by atoms with E-state index >= 15 is 0 Å². The van der Waals surface area contributed by atoms with E-state index in [1.165, 1.54) is 0 Å². The molecule has 1 aliphatic heterocycles. The zero-order chi connectivity index (χ0) is 12.4. The van der Waals surface area contributed by atoms with Gasteiger partial charge in [-0.05, 0) is 24.5 Å². The zero-order valence-corrected chi connectivity index (χ0v) is 10.7. The molecule has 1 aromatic rings. The van der Waals surface area contributed by atoms with Gasteiger partial charge in [0, 0.05) is 29.4 Å². The lowest BCUT2D eigenvalue weighted by atomic mass is 9.95. The lowest BCUT2D eigenvalue weighted by Crippen LogP contribution is -2.42. The second-order valence-corrected chi connectivity index (χ2v) is 5.15. The van der Waals surface area contributed by atoms with Gasteiger partial charge in [0.1, 0.15) is 0 Å². The van der Waals surface area contributed by atoms with Crippen LogP contribution in [-0.4, -0.2) is 29.4 Å². The van der Waals surface area contributed by atoms with E-state index in [0.29, 0.717) is 5.02 Å². The fourth-order valence-electron chi connectivity index (χ4n) is 2.32. The van der Waals surface area contributed by atoms with E-state index in [2.05, 4.69) is 4.90 Å². The van der Waals surface area contributed by atoms with E-state index in [-0.39, 0.29) is 18.6 Å². The number of rotatable bonds is 2. The first-order chi connectivity index (χ1) is 8.11. The molecule has 1 aromatic carbocycles. The summed E-state index contributed by atoms with van der Waals surface area (Å²) in [5, 5.41) is 19.7. The summed E-state index contributed by atoms with van der Waals surface area (Å²) in [6, 6.07) is 5.53. The third kappa shape index (κ3) is 2.73. The first-order valence-electron chi connectivity index (χ1n) is 5.94. The summed E-state index contributed by atoms with van der Waals surface area (Å²) in [5.41, 5.74) is 1.87. The van der Waals surface area contributed by atoms with Gasteiger partial charge < -0.3 is 15.1 Å². The van der Waals surface area contributed by atoms with Crippen LogP contribution in [0.25, 0.3) is 0 Å². The highest BCUT2D eigenvalue weighted by molar-refractivity contribution is 6.30. The maximum absolute atomic E-state index is 9.72. The van der Waals surface area contributed by atoms with Gasteiger partial charge in [0.2, 0.25) is 0 Å². The van der Waals surface area contributed by atoms with Gasteiger partial charge in [-0.15, -0.1) is 0 Å². The number of nitrogens with zero attached hydrogens (tertiary/aromatic N) is 1. The molecule has 0 aromatic heterocycles. The lowest BCUT2D eigenvalue weighted by Gasteiger charge is -2.37. The Morgan fingerprint density at radius 3 is 2.88 bits per heavy atom. The minimum absolute atomic E-state index is 0.0138. The molecule has 2 N–H and O–H groups in total. The van der Waals surface area contributed by atoms with Crippen molar-refractivity contribution >= 4 is 17.3 Å². The normalized spacial score (nSPS) is 25.1. The Hall–Kier alpha value is -0.770. The van der Waals surface area contributed by atoms with Crippen LogP contribution in [0.3, 0.4) is 0 Å². The fraction of sp³-hybridized carbons (Fsp3) is 0.538. The fourth-order valence-corrected chi connectivity index (χ4v) is 2.48. The van der Waals surface area contributed by atoms with Crippen molar-refractivity contribution < 1.29 is 10.2 Å². The van der Waals surface area contributed by atoms with E-state index in [9.17, 15) is 10.2 Å². The average Bonchev–Trinajstić information content (AvgIpc) is 2.32. The van der Waals surface area contributed by atoms with Gasteiger partial charge in [0.15, 0.2) is 0 Å². The summed E-state index contributed by atoms with van der Waals surface area (Å²) in [7, 11) is 0. The summed E-state index contributed by atoms with van der Waals surface area (Å²) in [5.74, 6) is 0.245. The van der Waals surface area contributed by atoms with Crippen molar-refractivity contribution in [2.24, 2.45) is 5.92 Å². The molecule has 0 radical (unpaired) electrons. The lowest BCUT2D eigenvalue weighted by molar-refractivity contribution is 0.0970.